The molecule has 0 aliphatic carbocycles. The van der Waals surface area contributed by atoms with Gasteiger partial charge >= 0.3 is 23.1 Å². The molecular weight excluding hydrogens is 359 g/mol. The van der Waals surface area contributed by atoms with Crippen LogP contribution in [0.15, 0.2) is 60.7 Å². The van der Waals surface area contributed by atoms with Gasteiger partial charge in [0.2, 0.25) is 0 Å². The summed E-state index contributed by atoms with van der Waals surface area (Å²) in [6, 6.07) is 18.4. The van der Waals surface area contributed by atoms with Crippen LogP contribution in [0.25, 0.3) is 0 Å². The van der Waals surface area contributed by atoms with Gasteiger partial charge in [-0.15, -0.1) is 0 Å². The first-order chi connectivity index (χ1) is 11.4. The van der Waals surface area contributed by atoms with Gasteiger partial charge in [-0.3, -0.25) is 19.2 Å². The van der Waals surface area contributed by atoms with Gasteiger partial charge in [-0.1, -0.05) is 36.4 Å². The van der Waals surface area contributed by atoms with E-state index in [1.807, 2.05) is 36.4 Å². The van der Waals surface area contributed by atoms with Crippen molar-refractivity contribution in [2.45, 2.75) is 26.7 Å². The topological polar surface area (TPSA) is 85.6 Å². The molecule has 2 aromatic carbocycles. The van der Waals surface area contributed by atoms with E-state index >= 15 is 0 Å². The number of benzene rings is 2. The van der Waals surface area contributed by atoms with Crippen LogP contribution in [0.2, 0.25) is 0 Å². The predicted molar refractivity (Wildman–Crippen MR) is 99.4 cm³/mol. The van der Waals surface area contributed by atoms with Crippen molar-refractivity contribution in [2.24, 2.45) is 0 Å². The molecule has 0 aromatic heterocycles. The van der Waals surface area contributed by atoms with E-state index in [2.05, 4.69) is 0 Å². The van der Waals surface area contributed by atoms with Crippen molar-refractivity contribution in [3.63, 3.8) is 0 Å². The summed E-state index contributed by atoms with van der Waals surface area (Å²) in [5, 5.41) is 0. The summed E-state index contributed by atoms with van der Waals surface area (Å²) >= 11 is 0. The van der Waals surface area contributed by atoms with Crippen molar-refractivity contribution in [1.82, 2.24) is 0 Å². The molecule has 0 atom stereocenters. The van der Waals surface area contributed by atoms with E-state index in [0.29, 0.717) is 0 Å². The average Bonchev–Trinajstić information content (AvgIpc) is 2.56. The molecule has 0 aliphatic rings. The predicted octanol–water partition coefficient (Wildman–Crippen LogP) is 3.07. The quantitative estimate of drug-likeness (QED) is 0.318. The first kappa shape index (κ1) is 22.6. The molecule has 0 heterocycles. The maximum absolute atomic E-state index is 9.43. The third-order valence-electron chi connectivity index (χ3n) is 3.06. The minimum absolute atomic E-state index is 0. The Hall–Kier alpha value is -2.36. The van der Waals surface area contributed by atoms with Gasteiger partial charge in [0.1, 0.15) is 0 Å². The summed E-state index contributed by atoms with van der Waals surface area (Å²) in [5.74, 6) is 0.846. The van der Waals surface area contributed by atoms with E-state index < -0.39 is 0 Å². The minimum atomic E-state index is 0. The molecule has 131 valence electrons. The number of hydrogen-bond acceptors (Lipinski definition) is 0. The molecule has 0 saturated carbocycles. The zero-order chi connectivity index (χ0) is 17.9. The van der Waals surface area contributed by atoms with Crippen LogP contribution in [0, 0.1) is 0 Å². The third kappa shape index (κ3) is 9.50. The Morgan fingerprint density at radius 1 is 0.600 bits per heavy atom. The molecule has 1 radical (unpaired) electrons. The standard InChI is InChI=1S/2C10H10O2.Mn/c2*1-8(11)7-10(12)9-5-3-2-4-6-9;/h2*2-6H,7H2,1H3;/p+4. The van der Waals surface area contributed by atoms with Crippen molar-refractivity contribution in [3.8, 4) is 0 Å². The summed E-state index contributed by atoms with van der Waals surface area (Å²) < 4.78 is 0. The fourth-order valence-electron chi connectivity index (χ4n) is 1.95. The molecule has 0 bridgehead atoms. The Bertz CT molecular complexity index is 645. The minimum Gasteiger partial charge on any atom is -0.283 e. The Morgan fingerprint density at radius 2 is 0.880 bits per heavy atom. The summed E-state index contributed by atoms with van der Waals surface area (Å²) in [5.41, 5.74) is 1.51. The molecule has 0 aliphatic heterocycles. The SMILES string of the molecule is CC(=[OH+])CC(=[OH+])c1ccccc1.CC(=[OH+])CC(=[OH+])c1ccccc1.[Mn]. The molecule has 0 fully saturated rings. The molecule has 0 unspecified atom stereocenters. The first-order valence-corrected chi connectivity index (χ1v) is 7.63. The first-order valence-electron chi connectivity index (χ1n) is 7.63. The molecule has 25 heavy (non-hydrogen) atoms. The van der Waals surface area contributed by atoms with Crippen LogP contribution in [-0.2, 0) is 17.1 Å². The van der Waals surface area contributed by atoms with E-state index in [4.69, 9.17) is 9.59 Å². The fourth-order valence-corrected chi connectivity index (χ4v) is 1.95. The molecule has 4 nitrogen and oxygen atoms in total. The normalized spacial score (nSPS) is 9.04. The number of ketones is 4. The zero-order valence-electron chi connectivity index (χ0n) is 14.4. The van der Waals surface area contributed by atoms with Crippen molar-refractivity contribution in [3.05, 3.63) is 71.8 Å². The van der Waals surface area contributed by atoms with E-state index in [-0.39, 0.29) is 53.0 Å². The summed E-state index contributed by atoms with van der Waals surface area (Å²) in [7, 11) is 0. The fraction of sp³-hybridized carbons (Fsp3) is 0.200. The summed E-state index contributed by atoms with van der Waals surface area (Å²) in [6.45, 7) is 3.14. The smallest absolute Gasteiger partial charge is 0.283 e. The zero-order valence-corrected chi connectivity index (χ0v) is 15.5. The Kier molecular flexibility index (Phi) is 10.9. The van der Waals surface area contributed by atoms with Crippen LogP contribution in [0.4, 0.5) is 0 Å². The van der Waals surface area contributed by atoms with Gasteiger partial charge in [-0.05, 0) is 24.3 Å². The second-order valence-electron chi connectivity index (χ2n) is 5.45. The van der Waals surface area contributed by atoms with Crippen LogP contribution in [0.5, 0.6) is 0 Å². The van der Waals surface area contributed by atoms with Crippen LogP contribution in [0.1, 0.15) is 37.8 Å². The second-order valence-corrected chi connectivity index (χ2v) is 5.45. The number of rotatable bonds is 6. The molecule has 0 spiro atoms. The van der Waals surface area contributed by atoms with Crippen LogP contribution in [-0.4, -0.2) is 42.3 Å². The van der Waals surface area contributed by atoms with Crippen molar-refractivity contribution < 1.29 is 36.2 Å². The van der Waals surface area contributed by atoms with Gasteiger partial charge < -0.3 is 0 Å². The molecule has 0 saturated heterocycles. The van der Waals surface area contributed by atoms with E-state index in [1.165, 1.54) is 0 Å². The van der Waals surface area contributed by atoms with Gasteiger partial charge in [0.15, 0.2) is 12.8 Å². The summed E-state index contributed by atoms with van der Waals surface area (Å²) in [4.78, 5) is 36.7. The number of carbonyl (C=O) groups excluding carboxylic acids is 4. The van der Waals surface area contributed by atoms with Gasteiger partial charge in [0.25, 0.3) is 0 Å². The monoisotopic (exact) mass is 383 g/mol. The Balaban J connectivity index is 0.000000443. The number of hydrogen-bond donors (Lipinski definition) is 0. The van der Waals surface area contributed by atoms with Gasteiger partial charge in [0.05, 0.1) is 11.1 Å². The van der Waals surface area contributed by atoms with Gasteiger partial charge in [0, 0.05) is 30.9 Å². The Morgan fingerprint density at radius 3 is 1.12 bits per heavy atom. The van der Waals surface area contributed by atoms with E-state index in [9.17, 15) is 9.59 Å². The maximum atomic E-state index is 9.43. The van der Waals surface area contributed by atoms with Crippen LogP contribution >= 0.6 is 0 Å². The van der Waals surface area contributed by atoms with Crippen molar-refractivity contribution in [1.29, 1.82) is 0 Å². The van der Waals surface area contributed by atoms with Crippen LogP contribution in [0.3, 0.4) is 0 Å². The van der Waals surface area contributed by atoms with Crippen molar-refractivity contribution >= 4 is 23.1 Å². The maximum Gasteiger partial charge on any atom is 0.336 e. The van der Waals surface area contributed by atoms with Crippen molar-refractivity contribution in [2.75, 3.05) is 0 Å². The molecule has 4 N–H and O–H groups in total. The third-order valence-corrected chi connectivity index (χ3v) is 3.06. The second kappa shape index (κ2) is 12.1. The van der Waals surface area contributed by atoms with E-state index in [0.717, 1.165) is 11.1 Å². The Labute approximate surface area is 158 Å². The largest absolute Gasteiger partial charge is 0.336 e. The molecule has 2 rings (SSSR count). The van der Waals surface area contributed by atoms with Gasteiger partial charge in [-0.2, -0.15) is 0 Å². The molecule has 0 amide bonds. The molecular formula is C20H24MnO4+4. The molecule has 2 aromatic rings. The summed E-state index contributed by atoms with van der Waals surface area (Å²) in [6.07, 6.45) is 0.452. The van der Waals surface area contributed by atoms with Crippen LogP contribution < -0.4 is 0 Å². The van der Waals surface area contributed by atoms with Gasteiger partial charge in [-0.25, -0.2) is 0 Å². The molecule has 5 heteroatoms. The average molecular weight is 383 g/mol. The van der Waals surface area contributed by atoms with E-state index in [1.54, 1.807) is 38.1 Å².